The number of hydrogen-bond donors (Lipinski definition) is 1. The standard InChI is InChI=1S/C14H20ClN3O/c1-17-7-3-4-11(9-17)18(2)14(19)12-8-10(16)5-6-13(12)15/h5-6,8,11H,3-4,7,9,16H2,1-2H3. The van der Waals surface area contributed by atoms with Gasteiger partial charge in [-0.15, -0.1) is 0 Å². The van der Waals surface area contributed by atoms with Crippen LogP contribution in [0.25, 0.3) is 0 Å². The fourth-order valence-corrected chi connectivity index (χ4v) is 2.72. The zero-order valence-corrected chi connectivity index (χ0v) is 12.2. The van der Waals surface area contributed by atoms with Gasteiger partial charge in [0.25, 0.3) is 5.91 Å². The molecule has 0 radical (unpaired) electrons. The van der Waals surface area contributed by atoms with Gasteiger partial charge in [-0.1, -0.05) is 11.6 Å². The molecule has 0 saturated carbocycles. The molecule has 1 aliphatic rings. The number of nitrogen functional groups attached to an aromatic ring is 1. The molecule has 0 spiro atoms. The topological polar surface area (TPSA) is 49.6 Å². The first-order valence-electron chi connectivity index (χ1n) is 6.50. The Morgan fingerprint density at radius 3 is 2.95 bits per heavy atom. The Balaban J connectivity index is 2.16. The van der Waals surface area contributed by atoms with Crippen LogP contribution in [0.3, 0.4) is 0 Å². The fraction of sp³-hybridized carbons (Fsp3) is 0.500. The summed E-state index contributed by atoms with van der Waals surface area (Å²) in [5.74, 6) is -0.0578. The summed E-state index contributed by atoms with van der Waals surface area (Å²) >= 11 is 6.09. The molecular weight excluding hydrogens is 262 g/mol. The van der Waals surface area contributed by atoms with E-state index < -0.39 is 0 Å². The molecule has 0 bridgehead atoms. The Kier molecular flexibility index (Phi) is 4.32. The number of anilines is 1. The van der Waals surface area contributed by atoms with Crippen molar-refractivity contribution in [2.75, 3.05) is 32.9 Å². The summed E-state index contributed by atoms with van der Waals surface area (Å²) in [6, 6.07) is 5.26. The molecule has 1 atom stereocenters. The van der Waals surface area contributed by atoms with Crippen LogP contribution in [0.15, 0.2) is 18.2 Å². The molecule has 1 saturated heterocycles. The van der Waals surface area contributed by atoms with E-state index in [2.05, 4.69) is 11.9 Å². The second-order valence-corrected chi connectivity index (χ2v) is 5.62. The quantitative estimate of drug-likeness (QED) is 0.845. The number of likely N-dealkylation sites (tertiary alicyclic amines) is 1. The summed E-state index contributed by atoms with van der Waals surface area (Å²) in [6.07, 6.45) is 2.15. The lowest BCUT2D eigenvalue weighted by Gasteiger charge is -2.36. The van der Waals surface area contributed by atoms with Crippen molar-refractivity contribution >= 4 is 23.2 Å². The molecule has 2 rings (SSSR count). The van der Waals surface area contributed by atoms with Gasteiger partial charge in [0, 0.05) is 25.3 Å². The third-order valence-corrected chi connectivity index (χ3v) is 4.02. The third-order valence-electron chi connectivity index (χ3n) is 3.69. The van der Waals surface area contributed by atoms with Crippen LogP contribution in [0.4, 0.5) is 5.69 Å². The van der Waals surface area contributed by atoms with Crippen LogP contribution in [-0.2, 0) is 0 Å². The number of nitrogens with two attached hydrogens (primary N) is 1. The lowest BCUT2D eigenvalue weighted by Crippen LogP contribution is -2.47. The molecule has 1 aromatic carbocycles. The largest absolute Gasteiger partial charge is 0.399 e. The van der Waals surface area contributed by atoms with E-state index in [0.29, 0.717) is 16.3 Å². The number of carbonyl (C=O) groups is 1. The highest BCUT2D eigenvalue weighted by molar-refractivity contribution is 6.34. The maximum absolute atomic E-state index is 12.5. The van der Waals surface area contributed by atoms with Gasteiger partial charge in [0.05, 0.1) is 10.6 Å². The van der Waals surface area contributed by atoms with Crippen molar-refractivity contribution in [2.24, 2.45) is 0 Å². The van der Waals surface area contributed by atoms with Gasteiger partial charge in [0.15, 0.2) is 0 Å². The van der Waals surface area contributed by atoms with Crippen molar-refractivity contribution in [3.8, 4) is 0 Å². The predicted molar refractivity (Wildman–Crippen MR) is 78.5 cm³/mol. The monoisotopic (exact) mass is 281 g/mol. The minimum absolute atomic E-state index is 0.0578. The van der Waals surface area contributed by atoms with Crippen LogP contribution in [0, 0.1) is 0 Å². The van der Waals surface area contributed by atoms with Crippen LogP contribution in [-0.4, -0.2) is 48.9 Å². The van der Waals surface area contributed by atoms with Crippen molar-refractivity contribution in [3.63, 3.8) is 0 Å². The van der Waals surface area contributed by atoms with Gasteiger partial charge in [0.2, 0.25) is 0 Å². The molecule has 1 amide bonds. The second-order valence-electron chi connectivity index (χ2n) is 5.21. The summed E-state index contributed by atoms with van der Waals surface area (Å²) in [6.45, 7) is 2.00. The van der Waals surface area contributed by atoms with Gasteiger partial charge in [-0.2, -0.15) is 0 Å². The van der Waals surface area contributed by atoms with E-state index in [1.54, 1.807) is 23.1 Å². The molecule has 0 aromatic heterocycles. The zero-order valence-electron chi connectivity index (χ0n) is 11.4. The van der Waals surface area contributed by atoms with E-state index in [1.807, 2.05) is 7.05 Å². The number of carbonyl (C=O) groups excluding carboxylic acids is 1. The highest BCUT2D eigenvalue weighted by Gasteiger charge is 2.26. The Labute approximate surface area is 119 Å². The highest BCUT2D eigenvalue weighted by atomic mass is 35.5. The van der Waals surface area contributed by atoms with Crippen LogP contribution in [0.5, 0.6) is 0 Å². The molecule has 0 aliphatic carbocycles. The average Bonchev–Trinajstić information content (AvgIpc) is 2.40. The minimum atomic E-state index is -0.0578. The maximum atomic E-state index is 12.5. The molecule has 1 aliphatic heterocycles. The van der Waals surface area contributed by atoms with Crippen LogP contribution >= 0.6 is 11.6 Å². The number of hydrogen-bond acceptors (Lipinski definition) is 3. The van der Waals surface area contributed by atoms with Gasteiger partial charge in [0.1, 0.15) is 0 Å². The van der Waals surface area contributed by atoms with Gasteiger partial charge in [-0.3, -0.25) is 4.79 Å². The molecule has 104 valence electrons. The van der Waals surface area contributed by atoms with Gasteiger partial charge in [-0.25, -0.2) is 0 Å². The molecule has 1 unspecified atom stereocenters. The van der Waals surface area contributed by atoms with E-state index in [4.69, 9.17) is 17.3 Å². The highest BCUT2D eigenvalue weighted by Crippen LogP contribution is 2.22. The Bertz CT molecular complexity index is 478. The Morgan fingerprint density at radius 2 is 2.26 bits per heavy atom. The summed E-state index contributed by atoms with van der Waals surface area (Å²) in [5.41, 5.74) is 6.77. The van der Waals surface area contributed by atoms with E-state index in [1.165, 1.54) is 0 Å². The first-order chi connectivity index (χ1) is 8.99. The number of amides is 1. The van der Waals surface area contributed by atoms with E-state index in [0.717, 1.165) is 25.9 Å². The number of piperidine rings is 1. The molecule has 1 aromatic rings. The van der Waals surface area contributed by atoms with E-state index in [9.17, 15) is 4.79 Å². The zero-order chi connectivity index (χ0) is 14.0. The van der Waals surface area contributed by atoms with Gasteiger partial charge in [-0.05, 0) is 44.6 Å². The lowest BCUT2D eigenvalue weighted by molar-refractivity contribution is 0.0644. The molecule has 1 heterocycles. The Hall–Kier alpha value is -1.26. The first kappa shape index (κ1) is 14.2. The summed E-state index contributed by atoms with van der Waals surface area (Å²) in [5, 5.41) is 0.454. The maximum Gasteiger partial charge on any atom is 0.255 e. The average molecular weight is 282 g/mol. The van der Waals surface area contributed by atoms with Crippen LogP contribution in [0.2, 0.25) is 5.02 Å². The molecule has 5 heteroatoms. The van der Waals surface area contributed by atoms with Gasteiger partial charge >= 0.3 is 0 Å². The Morgan fingerprint density at radius 1 is 1.53 bits per heavy atom. The van der Waals surface area contributed by atoms with E-state index >= 15 is 0 Å². The normalized spacial score (nSPS) is 20.3. The van der Waals surface area contributed by atoms with Crippen molar-refractivity contribution in [2.45, 2.75) is 18.9 Å². The predicted octanol–water partition coefficient (Wildman–Crippen LogP) is 2.09. The third kappa shape index (κ3) is 3.19. The smallest absolute Gasteiger partial charge is 0.255 e. The molecule has 19 heavy (non-hydrogen) atoms. The summed E-state index contributed by atoms with van der Waals surface area (Å²) in [4.78, 5) is 16.5. The van der Waals surface area contributed by atoms with Crippen LogP contribution < -0.4 is 5.73 Å². The first-order valence-corrected chi connectivity index (χ1v) is 6.87. The number of nitrogens with zero attached hydrogens (tertiary/aromatic N) is 2. The number of benzene rings is 1. The summed E-state index contributed by atoms with van der Waals surface area (Å²) < 4.78 is 0. The van der Waals surface area contributed by atoms with Crippen molar-refractivity contribution in [1.29, 1.82) is 0 Å². The fourth-order valence-electron chi connectivity index (χ4n) is 2.52. The van der Waals surface area contributed by atoms with E-state index in [-0.39, 0.29) is 11.9 Å². The van der Waals surface area contributed by atoms with Gasteiger partial charge < -0.3 is 15.5 Å². The molecule has 2 N–H and O–H groups in total. The van der Waals surface area contributed by atoms with Crippen molar-refractivity contribution in [1.82, 2.24) is 9.80 Å². The summed E-state index contributed by atoms with van der Waals surface area (Å²) in [7, 11) is 3.92. The minimum Gasteiger partial charge on any atom is -0.399 e. The molecule has 1 fully saturated rings. The number of likely N-dealkylation sites (N-methyl/N-ethyl adjacent to an activating group) is 2. The lowest BCUT2D eigenvalue weighted by atomic mass is 10.0. The molecular formula is C14H20ClN3O. The van der Waals surface area contributed by atoms with Crippen molar-refractivity contribution < 1.29 is 4.79 Å². The molecule has 4 nitrogen and oxygen atoms in total. The second kappa shape index (κ2) is 5.80. The number of halogens is 1. The SMILES string of the molecule is CN1CCCC(N(C)C(=O)c2cc(N)ccc2Cl)C1. The number of rotatable bonds is 2. The van der Waals surface area contributed by atoms with Crippen molar-refractivity contribution in [3.05, 3.63) is 28.8 Å². The van der Waals surface area contributed by atoms with Crippen LogP contribution in [0.1, 0.15) is 23.2 Å².